The molecule has 0 amide bonds. The minimum absolute atomic E-state index is 0.0353. The molecule has 162 valence electrons. The van der Waals surface area contributed by atoms with Gasteiger partial charge in [0.1, 0.15) is 0 Å². The summed E-state index contributed by atoms with van der Waals surface area (Å²) in [6.07, 6.45) is 8.04. The molecular weight excluding hydrogens is 425 g/mol. The second-order valence-corrected chi connectivity index (χ2v) is 10.2. The number of hydrogen-bond acceptors (Lipinski definition) is 6. The zero-order valence-corrected chi connectivity index (χ0v) is 18.4. The fraction of sp³-hybridized carbons (Fsp3) is 0.600. The van der Waals surface area contributed by atoms with Crippen molar-refractivity contribution in [3.63, 3.8) is 0 Å². The van der Waals surface area contributed by atoms with Crippen LogP contribution in [-0.4, -0.2) is 47.5 Å². The number of piperidine rings is 1. The van der Waals surface area contributed by atoms with Crippen LogP contribution in [0.2, 0.25) is 0 Å². The van der Waals surface area contributed by atoms with Crippen LogP contribution in [0.1, 0.15) is 47.9 Å². The maximum atomic E-state index is 13.6. The highest BCUT2D eigenvalue weighted by molar-refractivity contribution is 7.92. The Labute approximate surface area is 182 Å². The van der Waals surface area contributed by atoms with Crippen LogP contribution in [0.3, 0.4) is 0 Å². The summed E-state index contributed by atoms with van der Waals surface area (Å²) in [5, 5.41) is 16.9. The van der Waals surface area contributed by atoms with Crippen molar-refractivity contribution in [1.29, 1.82) is 0 Å². The van der Waals surface area contributed by atoms with E-state index in [0.29, 0.717) is 13.1 Å². The molecule has 2 aliphatic carbocycles. The highest BCUT2D eigenvalue weighted by atomic mass is 32.2. The molecule has 2 N–H and O–H groups in total. The van der Waals surface area contributed by atoms with Crippen molar-refractivity contribution < 1.29 is 13.2 Å². The first-order chi connectivity index (χ1) is 14.7. The number of rotatable bonds is 6. The van der Waals surface area contributed by atoms with Gasteiger partial charge in [0.2, 0.25) is 5.95 Å². The summed E-state index contributed by atoms with van der Waals surface area (Å²) in [6, 6.07) is 2.35. The van der Waals surface area contributed by atoms with E-state index in [2.05, 4.69) is 21.5 Å². The lowest BCUT2D eigenvalue weighted by atomic mass is 9.99. The molecule has 0 radical (unpaired) electrons. The second-order valence-electron chi connectivity index (χ2n) is 8.32. The van der Waals surface area contributed by atoms with Crippen molar-refractivity contribution in [3.05, 3.63) is 28.3 Å². The van der Waals surface area contributed by atoms with E-state index in [9.17, 15) is 13.2 Å². The number of anilines is 2. The molecule has 0 spiro atoms. The van der Waals surface area contributed by atoms with Crippen LogP contribution in [0.5, 0.6) is 0 Å². The molecule has 7 nitrogen and oxygen atoms in total. The number of nitrogens with zero attached hydrogens (tertiary/aromatic N) is 4. The lowest BCUT2D eigenvalue weighted by Gasteiger charge is -2.28. The highest BCUT2D eigenvalue weighted by Crippen LogP contribution is 2.40. The van der Waals surface area contributed by atoms with Crippen LogP contribution < -0.4 is 5.32 Å². The summed E-state index contributed by atoms with van der Waals surface area (Å²) in [4.78, 5) is 4.43. The van der Waals surface area contributed by atoms with E-state index >= 15 is 0 Å². The third-order valence-electron chi connectivity index (χ3n) is 6.56. The van der Waals surface area contributed by atoms with Crippen LogP contribution >= 0.6 is 12.3 Å². The number of aliphatic hydroxyl groups is 1. The fourth-order valence-corrected chi connectivity index (χ4v) is 6.33. The molecule has 3 aliphatic rings. The van der Waals surface area contributed by atoms with Gasteiger partial charge in [0, 0.05) is 25.4 Å². The number of halogens is 1. The van der Waals surface area contributed by atoms with Crippen LogP contribution in [0, 0.1) is 5.92 Å². The molecule has 2 aromatic rings. The van der Waals surface area contributed by atoms with Crippen molar-refractivity contribution in [2.45, 2.75) is 56.5 Å². The van der Waals surface area contributed by atoms with Crippen molar-refractivity contribution in [1.82, 2.24) is 18.5 Å². The monoisotopic (exact) mass is 451 g/mol. The maximum Gasteiger partial charge on any atom is 0.257 e. The molecule has 1 fully saturated rings. The van der Waals surface area contributed by atoms with Gasteiger partial charge in [-0.2, -0.15) is 4.98 Å². The Hall–Kier alpha value is -1.49. The van der Waals surface area contributed by atoms with Crippen molar-refractivity contribution >= 4 is 35.0 Å². The number of benzene rings is 1. The molecule has 2 heterocycles. The van der Waals surface area contributed by atoms with E-state index < -0.39 is 11.0 Å². The molecule has 1 aromatic heterocycles. The number of aryl methyl sites for hydroxylation is 2. The predicted molar refractivity (Wildman–Crippen MR) is 116 cm³/mol. The van der Waals surface area contributed by atoms with Gasteiger partial charge in [-0.05, 0) is 79.5 Å². The Morgan fingerprint density at radius 2 is 1.83 bits per heavy atom. The predicted octanol–water partition coefficient (Wildman–Crippen LogP) is 3.11. The first kappa shape index (κ1) is 20.4. The first-order valence-corrected chi connectivity index (χ1v) is 12.4. The summed E-state index contributed by atoms with van der Waals surface area (Å²) in [5.74, 6) is 0.537. The van der Waals surface area contributed by atoms with Gasteiger partial charge in [0.15, 0.2) is 23.3 Å². The molecule has 1 unspecified atom stereocenters. The van der Waals surface area contributed by atoms with Gasteiger partial charge in [-0.1, -0.05) is 6.07 Å². The molecule has 1 atom stereocenters. The minimum atomic E-state index is -1.55. The molecule has 10 heteroatoms. The number of nitrogens with one attached hydrogen (secondary N) is 1. The lowest BCUT2D eigenvalue weighted by molar-refractivity contribution is 0.172. The summed E-state index contributed by atoms with van der Waals surface area (Å²) in [6.45, 7) is 1.38. The van der Waals surface area contributed by atoms with Gasteiger partial charge in [-0.25, -0.2) is 8.51 Å². The number of fused-ring (bicyclic) bond motifs is 2. The average molecular weight is 452 g/mol. The molecule has 5 rings (SSSR count). The van der Waals surface area contributed by atoms with Crippen molar-refractivity contribution in [2.75, 3.05) is 25.0 Å². The second kappa shape index (κ2) is 8.57. The fourth-order valence-electron chi connectivity index (χ4n) is 4.93. The highest BCUT2D eigenvalue weighted by Gasteiger charge is 2.29. The summed E-state index contributed by atoms with van der Waals surface area (Å²) in [7, 11) is -1.55. The molecule has 1 saturated heterocycles. The zero-order chi connectivity index (χ0) is 20.7. The Morgan fingerprint density at radius 1 is 1.17 bits per heavy atom. The van der Waals surface area contributed by atoms with E-state index in [-0.39, 0.29) is 36.0 Å². The zero-order valence-electron chi connectivity index (χ0n) is 16.8. The maximum absolute atomic E-state index is 13.6. The van der Waals surface area contributed by atoms with E-state index in [1.54, 1.807) is 4.31 Å². The Balaban J connectivity index is 1.42. The van der Waals surface area contributed by atoms with Gasteiger partial charge in [0.05, 0.1) is 0 Å². The average Bonchev–Trinajstić information content (AvgIpc) is 3.52. The molecule has 0 bridgehead atoms. The minimum Gasteiger partial charge on any atom is -0.396 e. The van der Waals surface area contributed by atoms with Crippen molar-refractivity contribution in [2.24, 2.45) is 5.92 Å². The Kier molecular flexibility index (Phi) is 5.83. The Bertz CT molecular complexity index is 942. The number of aromatic nitrogens is 3. The SMILES string of the molecule is O=S(c1nc(Nc2c3c(cc4c2CCC4)CCC3)n(SF)n1)N1CCC(CO)CC1. The number of aliphatic hydroxyl groups excluding tert-OH is 1. The summed E-state index contributed by atoms with van der Waals surface area (Å²) >= 11 is -0.0353. The van der Waals surface area contributed by atoms with Crippen molar-refractivity contribution in [3.8, 4) is 0 Å². The van der Waals surface area contributed by atoms with E-state index in [0.717, 1.165) is 61.1 Å². The van der Waals surface area contributed by atoms with Crippen LogP contribution in [0.4, 0.5) is 15.5 Å². The Morgan fingerprint density at radius 3 is 2.43 bits per heavy atom. The quantitative estimate of drug-likeness (QED) is 0.702. The van der Waals surface area contributed by atoms with E-state index in [1.807, 2.05) is 0 Å². The molecule has 1 aromatic carbocycles. The molecule has 30 heavy (non-hydrogen) atoms. The van der Waals surface area contributed by atoms with E-state index in [1.165, 1.54) is 22.3 Å². The molecule has 0 saturated carbocycles. The van der Waals surface area contributed by atoms with E-state index in [4.69, 9.17) is 0 Å². The summed E-state index contributed by atoms with van der Waals surface area (Å²) < 4.78 is 29.5. The van der Waals surface area contributed by atoms with Crippen LogP contribution in [0.15, 0.2) is 11.2 Å². The topological polar surface area (TPSA) is 83.3 Å². The van der Waals surface area contributed by atoms with Gasteiger partial charge in [-0.15, -0.1) is 13.1 Å². The van der Waals surface area contributed by atoms with Crippen LogP contribution in [0.25, 0.3) is 0 Å². The number of hydrogen-bond donors (Lipinski definition) is 2. The van der Waals surface area contributed by atoms with Gasteiger partial charge in [-0.3, -0.25) is 0 Å². The standard InChI is InChI=1S/C20H26FN5O2S2/c21-29-26-19(23-20(24-26)30(28)25-9-7-13(12-27)8-10-25)22-18-16-5-1-3-14(16)11-15-4-2-6-17(15)18/h11,13,27H,1-10,12H2,(H,22,23,24). The molecule has 1 aliphatic heterocycles. The largest absolute Gasteiger partial charge is 0.396 e. The van der Waals surface area contributed by atoms with Gasteiger partial charge < -0.3 is 10.4 Å². The lowest BCUT2D eigenvalue weighted by Crippen LogP contribution is -2.36. The molecular formula is C20H26FN5O2S2. The van der Waals surface area contributed by atoms with Gasteiger partial charge in [0.25, 0.3) is 5.16 Å². The smallest absolute Gasteiger partial charge is 0.257 e. The third-order valence-corrected chi connectivity index (χ3v) is 8.26. The summed E-state index contributed by atoms with van der Waals surface area (Å²) in [5.41, 5.74) is 6.44. The first-order valence-electron chi connectivity index (χ1n) is 10.6. The third kappa shape index (κ3) is 3.68. The van der Waals surface area contributed by atoms with Gasteiger partial charge >= 0.3 is 0 Å². The van der Waals surface area contributed by atoms with Crippen LogP contribution in [-0.2, 0) is 36.7 Å². The normalized spacial score (nSPS) is 20.3.